The predicted octanol–water partition coefficient (Wildman–Crippen LogP) is 3.41. The highest BCUT2D eigenvalue weighted by Gasteiger charge is 2.48. The van der Waals surface area contributed by atoms with Crippen molar-refractivity contribution in [2.45, 2.75) is 44.8 Å². The van der Waals surface area contributed by atoms with Gasteiger partial charge in [-0.2, -0.15) is 0 Å². The molecule has 2 aromatic rings. The molecule has 8 heteroatoms. The van der Waals surface area contributed by atoms with Crippen molar-refractivity contribution in [3.63, 3.8) is 0 Å². The highest BCUT2D eigenvalue weighted by molar-refractivity contribution is 9.10. The first-order valence-corrected chi connectivity index (χ1v) is 8.03. The SMILES string of the molecule is CC(C)(C)OC(=O)NC1(c2cc(-c3ncco3)nnc2Br)CC1. The maximum atomic E-state index is 12.1. The molecule has 0 saturated heterocycles. The molecule has 0 radical (unpaired) electrons. The first kappa shape index (κ1) is 15.9. The number of oxazole rings is 1. The Bertz CT molecular complexity index is 721. The molecule has 1 amide bonds. The minimum Gasteiger partial charge on any atom is -0.444 e. The van der Waals surface area contributed by atoms with Crippen molar-refractivity contribution in [2.24, 2.45) is 0 Å². The largest absolute Gasteiger partial charge is 0.444 e. The zero-order valence-electron chi connectivity index (χ0n) is 13.1. The second-order valence-electron chi connectivity index (χ2n) is 6.48. The van der Waals surface area contributed by atoms with Gasteiger partial charge in [0.25, 0.3) is 0 Å². The summed E-state index contributed by atoms with van der Waals surface area (Å²) in [5, 5.41) is 11.1. The lowest BCUT2D eigenvalue weighted by atomic mass is 10.1. The molecule has 0 bridgehead atoms. The molecule has 3 rings (SSSR count). The van der Waals surface area contributed by atoms with Gasteiger partial charge >= 0.3 is 6.09 Å². The molecule has 0 aromatic carbocycles. The van der Waals surface area contributed by atoms with Gasteiger partial charge in [0.15, 0.2) is 0 Å². The molecular formula is C15H17BrN4O3. The molecule has 1 fully saturated rings. The topological polar surface area (TPSA) is 90.1 Å². The van der Waals surface area contributed by atoms with Crippen LogP contribution in [0.4, 0.5) is 4.79 Å². The van der Waals surface area contributed by atoms with E-state index in [2.05, 4.69) is 36.4 Å². The summed E-state index contributed by atoms with van der Waals surface area (Å²) in [5.41, 5.74) is 0.326. The van der Waals surface area contributed by atoms with Crippen LogP contribution in [-0.2, 0) is 10.3 Å². The number of halogens is 1. The van der Waals surface area contributed by atoms with Crippen molar-refractivity contribution in [1.29, 1.82) is 0 Å². The van der Waals surface area contributed by atoms with Crippen molar-refractivity contribution >= 4 is 22.0 Å². The van der Waals surface area contributed by atoms with Crippen LogP contribution < -0.4 is 5.32 Å². The number of hydrogen-bond acceptors (Lipinski definition) is 6. The van der Waals surface area contributed by atoms with Crippen molar-refractivity contribution < 1.29 is 13.9 Å². The van der Waals surface area contributed by atoms with Gasteiger partial charge in [-0.15, -0.1) is 10.2 Å². The zero-order chi connectivity index (χ0) is 16.7. The molecule has 2 heterocycles. The van der Waals surface area contributed by atoms with Gasteiger partial charge in [-0.3, -0.25) is 0 Å². The van der Waals surface area contributed by atoms with Crippen LogP contribution in [0.15, 0.2) is 27.5 Å². The number of aromatic nitrogens is 3. The van der Waals surface area contributed by atoms with E-state index in [-0.39, 0.29) is 0 Å². The third kappa shape index (κ3) is 3.52. The summed E-state index contributed by atoms with van der Waals surface area (Å²) in [7, 11) is 0. The number of amides is 1. The average molecular weight is 381 g/mol. The lowest BCUT2D eigenvalue weighted by molar-refractivity contribution is 0.0495. The van der Waals surface area contributed by atoms with Crippen LogP contribution >= 0.6 is 15.9 Å². The van der Waals surface area contributed by atoms with Crippen molar-refractivity contribution in [2.75, 3.05) is 0 Å². The molecule has 0 aliphatic heterocycles. The van der Waals surface area contributed by atoms with E-state index in [1.165, 1.54) is 6.26 Å². The number of nitrogens with one attached hydrogen (secondary N) is 1. The van der Waals surface area contributed by atoms with E-state index < -0.39 is 17.2 Å². The summed E-state index contributed by atoms with van der Waals surface area (Å²) in [6, 6.07) is 1.83. The van der Waals surface area contributed by atoms with Crippen molar-refractivity contribution in [3.05, 3.63) is 28.7 Å². The van der Waals surface area contributed by atoms with Crippen LogP contribution in [0.1, 0.15) is 39.2 Å². The third-order valence-corrected chi connectivity index (χ3v) is 3.99. The zero-order valence-corrected chi connectivity index (χ0v) is 14.7. The molecule has 0 spiro atoms. The number of alkyl carbamates (subject to hydrolysis) is 1. The second kappa shape index (κ2) is 5.59. The van der Waals surface area contributed by atoms with E-state index in [0.29, 0.717) is 16.2 Å². The van der Waals surface area contributed by atoms with Gasteiger partial charge in [-0.25, -0.2) is 9.78 Å². The molecule has 0 atom stereocenters. The first-order valence-electron chi connectivity index (χ1n) is 7.24. The van der Waals surface area contributed by atoms with E-state index in [1.54, 1.807) is 6.20 Å². The van der Waals surface area contributed by atoms with E-state index >= 15 is 0 Å². The predicted molar refractivity (Wildman–Crippen MR) is 85.5 cm³/mol. The van der Waals surface area contributed by atoms with Crippen LogP contribution in [-0.4, -0.2) is 26.9 Å². The molecule has 1 aliphatic carbocycles. The van der Waals surface area contributed by atoms with Crippen molar-refractivity contribution in [1.82, 2.24) is 20.5 Å². The standard InChI is InChI=1S/C15H17BrN4O3/c1-14(2,3)23-13(21)18-15(4-5-15)9-8-10(19-20-11(9)16)12-17-6-7-22-12/h6-8H,4-5H2,1-3H3,(H,18,21). The summed E-state index contributed by atoms with van der Waals surface area (Å²) in [6.45, 7) is 5.49. The molecule has 1 aliphatic rings. The number of rotatable bonds is 3. The Labute approximate surface area is 142 Å². The maximum Gasteiger partial charge on any atom is 0.408 e. The third-order valence-electron chi connectivity index (χ3n) is 3.41. The highest BCUT2D eigenvalue weighted by atomic mass is 79.9. The molecule has 122 valence electrons. The normalized spacial score (nSPS) is 16.0. The Morgan fingerprint density at radius 3 is 2.70 bits per heavy atom. The number of carbonyl (C=O) groups excluding carboxylic acids is 1. The molecule has 1 N–H and O–H groups in total. The van der Waals surface area contributed by atoms with Gasteiger partial charge in [-0.05, 0) is 55.6 Å². The fourth-order valence-electron chi connectivity index (χ4n) is 2.25. The minimum absolute atomic E-state index is 0.388. The Morgan fingerprint density at radius 2 is 2.13 bits per heavy atom. The Kier molecular flexibility index (Phi) is 3.87. The number of nitrogens with zero attached hydrogens (tertiary/aromatic N) is 3. The second-order valence-corrected chi connectivity index (χ2v) is 7.23. The van der Waals surface area contributed by atoms with Gasteiger partial charge in [0.05, 0.1) is 11.7 Å². The smallest absolute Gasteiger partial charge is 0.408 e. The summed E-state index contributed by atoms with van der Waals surface area (Å²) in [6.07, 6.45) is 4.19. The summed E-state index contributed by atoms with van der Waals surface area (Å²) in [5.74, 6) is 0.388. The average Bonchev–Trinajstić information content (AvgIpc) is 3.00. The van der Waals surface area contributed by atoms with Crippen LogP contribution in [0.3, 0.4) is 0 Å². The van der Waals surface area contributed by atoms with Gasteiger partial charge in [0, 0.05) is 5.56 Å². The lowest BCUT2D eigenvalue weighted by Gasteiger charge is -2.24. The quantitative estimate of drug-likeness (QED) is 0.877. The van der Waals surface area contributed by atoms with E-state index in [4.69, 9.17) is 9.15 Å². The Hall–Kier alpha value is -1.96. The van der Waals surface area contributed by atoms with Crippen LogP contribution in [0.25, 0.3) is 11.6 Å². The summed E-state index contributed by atoms with van der Waals surface area (Å²) < 4.78 is 11.2. The van der Waals surface area contributed by atoms with Gasteiger partial charge in [0.2, 0.25) is 5.89 Å². The monoisotopic (exact) mass is 380 g/mol. The first-order chi connectivity index (χ1) is 10.8. The van der Waals surface area contributed by atoms with Gasteiger partial charge in [-0.1, -0.05) is 0 Å². The summed E-state index contributed by atoms with van der Waals surface area (Å²) in [4.78, 5) is 16.2. The summed E-state index contributed by atoms with van der Waals surface area (Å²) >= 11 is 3.40. The number of hydrogen-bond donors (Lipinski definition) is 1. The van der Waals surface area contributed by atoms with Crippen LogP contribution in [0.5, 0.6) is 0 Å². The van der Waals surface area contributed by atoms with Gasteiger partial charge < -0.3 is 14.5 Å². The van der Waals surface area contributed by atoms with E-state index in [9.17, 15) is 4.79 Å². The molecule has 1 saturated carbocycles. The van der Waals surface area contributed by atoms with Crippen LogP contribution in [0, 0.1) is 0 Å². The molecule has 2 aromatic heterocycles. The fourth-order valence-corrected chi connectivity index (χ4v) is 2.83. The number of carbonyl (C=O) groups is 1. The highest BCUT2D eigenvalue weighted by Crippen LogP contribution is 2.48. The van der Waals surface area contributed by atoms with Crippen LogP contribution in [0.2, 0.25) is 0 Å². The van der Waals surface area contributed by atoms with E-state index in [0.717, 1.165) is 18.4 Å². The molecular weight excluding hydrogens is 364 g/mol. The lowest BCUT2D eigenvalue weighted by Crippen LogP contribution is -2.39. The molecule has 0 unspecified atom stereocenters. The fraction of sp³-hybridized carbons (Fsp3) is 0.467. The molecule has 23 heavy (non-hydrogen) atoms. The van der Waals surface area contributed by atoms with Crippen molar-refractivity contribution in [3.8, 4) is 11.6 Å². The number of ether oxygens (including phenoxy) is 1. The minimum atomic E-state index is -0.545. The Balaban J connectivity index is 1.86. The van der Waals surface area contributed by atoms with Gasteiger partial charge in [0.1, 0.15) is 22.2 Å². The molecule has 7 nitrogen and oxygen atoms in total. The van der Waals surface area contributed by atoms with E-state index in [1.807, 2.05) is 26.8 Å². The maximum absolute atomic E-state index is 12.1. The Morgan fingerprint density at radius 1 is 1.39 bits per heavy atom.